The highest BCUT2D eigenvalue weighted by Gasteiger charge is 2.32. The summed E-state index contributed by atoms with van der Waals surface area (Å²) in [4.78, 5) is 1.86. The normalized spacial score (nSPS) is 16.6. The summed E-state index contributed by atoms with van der Waals surface area (Å²) in [5, 5.41) is 0. The molecule has 0 saturated carbocycles. The third-order valence-electron chi connectivity index (χ3n) is 2.45. The Hall–Kier alpha value is -1.39. The molecule has 1 heterocycles. The van der Waals surface area contributed by atoms with Crippen LogP contribution in [0, 0.1) is 6.07 Å². The molecule has 2 rings (SSSR count). The zero-order valence-electron chi connectivity index (χ0n) is 8.55. The lowest BCUT2D eigenvalue weighted by Gasteiger charge is -2.21. The van der Waals surface area contributed by atoms with Gasteiger partial charge in [0.2, 0.25) is 0 Å². The molecule has 1 aromatic carbocycles. The Bertz CT molecular complexity index is 358. The van der Waals surface area contributed by atoms with E-state index in [0.717, 1.165) is 25.9 Å². The molecular formula is C11H11F3NO. The fourth-order valence-corrected chi connectivity index (χ4v) is 1.81. The van der Waals surface area contributed by atoms with Gasteiger partial charge < -0.3 is 9.64 Å². The summed E-state index contributed by atoms with van der Waals surface area (Å²) < 4.78 is 40.4. The molecule has 0 amide bonds. The number of hydrogen-bond acceptors (Lipinski definition) is 2. The van der Waals surface area contributed by atoms with Gasteiger partial charge in [0.05, 0.1) is 5.69 Å². The van der Waals surface area contributed by atoms with Crippen molar-refractivity contribution >= 4 is 5.69 Å². The van der Waals surface area contributed by atoms with Crippen LogP contribution in [0.3, 0.4) is 0 Å². The zero-order valence-corrected chi connectivity index (χ0v) is 8.55. The maximum absolute atomic E-state index is 12.2. The Morgan fingerprint density at radius 2 is 1.94 bits per heavy atom. The van der Waals surface area contributed by atoms with Gasteiger partial charge in [-0.25, -0.2) is 0 Å². The molecule has 0 aliphatic carbocycles. The van der Waals surface area contributed by atoms with Crippen LogP contribution in [-0.4, -0.2) is 19.5 Å². The summed E-state index contributed by atoms with van der Waals surface area (Å²) >= 11 is 0. The minimum atomic E-state index is -4.65. The lowest BCUT2D eigenvalue weighted by atomic mass is 10.2. The molecule has 0 atom stereocenters. The van der Waals surface area contributed by atoms with E-state index in [9.17, 15) is 13.2 Å². The van der Waals surface area contributed by atoms with E-state index in [0.29, 0.717) is 5.69 Å². The second kappa shape index (κ2) is 4.23. The average molecular weight is 230 g/mol. The smallest absolute Gasteiger partial charge is 0.404 e. The SMILES string of the molecule is FC(F)(F)Oc1ccc[c]c1N1CCCC1. The van der Waals surface area contributed by atoms with Gasteiger partial charge in [-0.15, -0.1) is 13.2 Å². The number of nitrogens with zero attached hydrogens (tertiary/aromatic N) is 1. The topological polar surface area (TPSA) is 12.5 Å². The van der Waals surface area contributed by atoms with Gasteiger partial charge in [0.25, 0.3) is 0 Å². The van der Waals surface area contributed by atoms with Crippen LogP contribution < -0.4 is 9.64 Å². The van der Waals surface area contributed by atoms with Gasteiger partial charge in [0.1, 0.15) is 0 Å². The van der Waals surface area contributed by atoms with Gasteiger partial charge in [-0.05, 0) is 18.9 Å². The predicted molar refractivity (Wildman–Crippen MR) is 53.4 cm³/mol. The fraction of sp³-hybridized carbons (Fsp3) is 0.455. The van der Waals surface area contributed by atoms with Crippen molar-refractivity contribution in [3.8, 4) is 5.75 Å². The van der Waals surface area contributed by atoms with E-state index in [2.05, 4.69) is 10.8 Å². The molecular weight excluding hydrogens is 219 g/mol. The van der Waals surface area contributed by atoms with Crippen molar-refractivity contribution in [2.24, 2.45) is 0 Å². The summed E-state index contributed by atoms with van der Waals surface area (Å²) in [6.07, 6.45) is -2.66. The number of halogens is 3. The van der Waals surface area contributed by atoms with Gasteiger partial charge in [-0.1, -0.05) is 12.1 Å². The van der Waals surface area contributed by atoms with Crippen LogP contribution in [0.1, 0.15) is 12.8 Å². The Balaban J connectivity index is 2.23. The lowest BCUT2D eigenvalue weighted by molar-refractivity contribution is -0.274. The van der Waals surface area contributed by atoms with E-state index < -0.39 is 6.36 Å². The van der Waals surface area contributed by atoms with E-state index >= 15 is 0 Å². The van der Waals surface area contributed by atoms with Crippen LogP contribution in [0.2, 0.25) is 0 Å². The summed E-state index contributed by atoms with van der Waals surface area (Å²) in [5.74, 6) is -0.170. The maximum atomic E-state index is 12.2. The maximum Gasteiger partial charge on any atom is 0.573 e. The summed E-state index contributed by atoms with van der Waals surface area (Å²) in [5.41, 5.74) is 0.400. The number of para-hydroxylation sites is 1. The van der Waals surface area contributed by atoms with E-state index in [4.69, 9.17) is 0 Å². The van der Waals surface area contributed by atoms with Crippen LogP contribution in [-0.2, 0) is 0 Å². The molecule has 1 radical (unpaired) electrons. The van der Waals surface area contributed by atoms with Crippen molar-refractivity contribution < 1.29 is 17.9 Å². The third-order valence-corrected chi connectivity index (χ3v) is 2.45. The van der Waals surface area contributed by atoms with Crippen molar-refractivity contribution in [3.05, 3.63) is 24.3 Å². The van der Waals surface area contributed by atoms with Crippen LogP contribution in [0.25, 0.3) is 0 Å². The molecule has 0 spiro atoms. The molecule has 16 heavy (non-hydrogen) atoms. The average Bonchev–Trinajstić information content (AvgIpc) is 2.69. The molecule has 1 aliphatic rings. The van der Waals surface area contributed by atoms with E-state index in [1.54, 1.807) is 6.07 Å². The highest BCUT2D eigenvalue weighted by atomic mass is 19.4. The van der Waals surface area contributed by atoms with Crippen LogP contribution in [0.5, 0.6) is 5.75 Å². The highest BCUT2D eigenvalue weighted by Crippen LogP contribution is 2.33. The Morgan fingerprint density at radius 1 is 1.25 bits per heavy atom. The monoisotopic (exact) mass is 230 g/mol. The molecule has 0 bridgehead atoms. The van der Waals surface area contributed by atoms with Crippen LogP contribution in [0.15, 0.2) is 18.2 Å². The standard InChI is InChI=1S/C11H11F3NO/c12-11(13,14)16-10-6-2-1-5-9(10)15-7-3-4-8-15/h1-2,6H,3-4,7-8H2. The van der Waals surface area contributed by atoms with Crippen LogP contribution in [0.4, 0.5) is 18.9 Å². The van der Waals surface area contributed by atoms with E-state index in [1.807, 2.05) is 4.90 Å². The number of alkyl halides is 3. The van der Waals surface area contributed by atoms with Gasteiger partial charge in [-0.2, -0.15) is 0 Å². The minimum absolute atomic E-state index is 0.170. The lowest BCUT2D eigenvalue weighted by Crippen LogP contribution is -2.22. The van der Waals surface area contributed by atoms with E-state index in [-0.39, 0.29) is 5.75 Å². The fourth-order valence-electron chi connectivity index (χ4n) is 1.81. The first-order valence-electron chi connectivity index (χ1n) is 5.08. The molecule has 0 unspecified atom stereocenters. The minimum Gasteiger partial charge on any atom is -0.404 e. The number of benzene rings is 1. The van der Waals surface area contributed by atoms with Gasteiger partial charge in [0, 0.05) is 19.2 Å². The number of rotatable bonds is 2. The van der Waals surface area contributed by atoms with E-state index in [1.165, 1.54) is 12.1 Å². The first-order valence-corrected chi connectivity index (χ1v) is 5.08. The highest BCUT2D eigenvalue weighted by molar-refractivity contribution is 5.58. The first-order chi connectivity index (χ1) is 7.56. The molecule has 1 saturated heterocycles. The summed E-state index contributed by atoms with van der Waals surface area (Å²) in [7, 11) is 0. The molecule has 0 N–H and O–H groups in total. The zero-order chi connectivity index (χ0) is 11.6. The number of ether oxygens (including phenoxy) is 1. The van der Waals surface area contributed by atoms with Crippen molar-refractivity contribution in [1.82, 2.24) is 0 Å². The van der Waals surface area contributed by atoms with Gasteiger partial charge >= 0.3 is 6.36 Å². The first kappa shape index (κ1) is 11.1. The largest absolute Gasteiger partial charge is 0.573 e. The quantitative estimate of drug-likeness (QED) is 0.774. The Labute approximate surface area is 91.6 Å². The van der Waals surface area contributed by atoms with Gasteiger partial charge in [0.15, 0.2) is 5.75 Å². The second-order valence-electron chi connectivity index (χ2n) is 3.62. The Kier molecular flexibility index (Phi) is 2.94. The molecule has 0 aromatic heterocycles. The molecule has 1 aliphatic heterocycles. The van der Waals surface area contributed by atoms with Crippen molar-refractivity contribution in [3.63, 3.8) is 0 Å². The van der Waals surface area contributed by atoms with Gasteiger partial charge in [-0.3, -0.25) is 0 Å². The Morgan fingerprint density at radius 3 is 2.56 bits per heavy atom. The van der Waals surface area contributed by atoms with Crippen molar-refractivity contribution in [1.29, 1.82) is 0 Å². The third kappa shape index (κ3) is 2.59. The van der Waals surface area contributed by atoms with Crippen LogP contribution >= 0.6 is 0 Å². The second-order valence-corrected chi connectivity index (χ2v) is 3.62. The molecule has 87 valence electrons. The number of hydrogen-bond donors (Lipinski definition) is 0. The number of anilines is 1. The molecule has 1 fully saturated rings. The van der Waals surface area contributed by atoms with Crippen molar-refractivity contribution in [2.75, 3.05) is 18.0 Å². The van der Waals surface area contributed by atoms with Crippen molar-refractivity contribution in [2.45, 2.75) is 19.2 Å². The molecule has 1 aromatic rings. The predicted octanol–water partition coefficient (Wildman–Crippen LogP) is 2.99. The molecule has 2 nitrogen and oxygen atoms in total. The summed E-state index contributed by atoms with van der Waals surface area (Å²) in [6, 6.07) is 7.20. The molecule has 5 heteroatoms. The summed E-state index contributed by atoms with van der Waals surface area (Å²) in [6.45, 7) is 1.52.